The molecule has 0 unspecified atom stereocenters. The molecule has 1 heterocycles. The highest BCUT2D eigenvalue weighted by Crippen LogP contribution is 2.08. The van der Waals surface area contributed by atoms with E-state index in [1.165, 1.54) is 0 Å². The second-order valence-corrected chi connectivity index (χ2v) is 4.76. The highest BCUT2D eigenvalue weighted by Gasteiger charge is 2.11. The van der Waals surface area contributed by atoms with Crippen LogP contribution in [-0.4, -0.2) is 33.1 Å². The van der Waals surface area contributed by atoms with E-state index in [1.54, 1.807) is 6.92 Å². The minimum atomic E-state index is -0.753. The van der Waals surface area contributed by atoms with Gasteiger partial charge >= 0.3 is 5.97 Å². The van der Waals surface area contributed by atoms with Crippen molar-refractivity contribution in [2.75, 3.05) is 6.54 Å². The highest BCUT2D eigenvalue weighted by atomic mass is 32.1. The fraction of sp³-hybridized carbons (Fsp3) is 0.636. The second-order valence-electron chi connectivity index (χ2n) is 4.00. The lowest BCUT2D eigenvalue weighted by Crippen LogP contribution is -2.24. The topological polar surface area (TPSA) is 92.2 Å². The first-order valence-electron chi connectivity index (χ1n) is 5.90. The van der Waals surface area contributed by atoms with Gasteiger partial charge in [0, 0.05) is 13.0 Å². The summed E-state index contributed by atoms with van der Waals surface area (Å²) in [5.41, 5.74) is 0.652. The van der Waals surface area contributed by atoms with Crippen molar-refractivity contribution >= 4 is 23.4 Å². The van der Waals surface area contributed by atoms with Gasteiger partial charge in [-0.05, 0) is 31.3 Å². The minimum absolute atomic E-state index is 0.131. The number of aryl methyl sites for hydroxylation is 1. The van der Waals surface area contributed by atoms with Gasteiger partial charge in [0.05, 0.1) is 5.69 Å². The van der Waals surface area contributed by atoms with Gasteiger partial charge in [-0.3, -0.25) is 9.59 Å². The maximum atomic E-state index is 11.6. The van der Waals surface area contributed by atoms with Crippen LogP contribution in [0.15, 0.2) is 0 Å². The number of carboxylic acids is 1. The molecule has 0 saturated carbocycles. The quantitative estimate of drug-likeness (QED) is 0.701. The Bertz CT molecular complexity index is 406. The van der Waals surface area contributed by atoms with Crippen LogP contribution in [0.2, 0.25) is 0 Å². The molecule has 0 aliphatic heterocycles. The van der Waals surface area contributed by atoms with Crippen molar-refractivity contribution in [2.24, 2.45) is 0 Å². The van der Waals surface area contributed by atoms with Crippen molar-refractivity contribution in [2.45, 2.75) is 39.0 Å². The first-order chi connectivity index (χ1) is 8.61. The average molecular weight is 271 g/mol. The predicted molar refractivity (Wildman–Crippen MR) is 67.7 cm³/mol. The largest absolute Gasteiger partial charge is 0.481 e. The Morgan fingerprint density at radius 2 is 2.00 bits per heavy atom. The smallest absolute Gasteiger partial charge is 0.303 e. The van der Waals surface area contributed by atoms with Gasteiger partial charge in [0.25, 0.3) is 5.91 Å². The molecule has 0 aromatic carbocycles. The number of aromatic nitrogens is 2. The van der Waals surface area contributed by atoms with Crippen molar-refractivity contribution in [1.29, 1.82) is 0 Å². The van der Waals surface area contributed by atoms with Gasteiger partial charge in [-0.25, -0.2) is 0 Å². The van der Waals surface area contributed by atoms with E-state index < -0.39 is 5.97 Å². The number of carbonyl (C=O) groups excluding carboxylic acids is 1. The van der Waals surface area contributed by atoms with E-state index in [-0.39, 0.29) is 12.3 Å². The number of carbonyl (C=O) groups is 2. The summed E-state index contributed by atoms with van der Waals surface area (Å²) < 4.78 is 3.70. The molecule has 2 N–H and O–H groups in total. The van der Waals surface area contributed by atoms with E-state index >= 15 is 0 Å². The van der Waals surface area contributed by atoms with Gasteiger partial charge in [-0.1, -0.05) is 17.3 Å². The lowest BCUT2D eigenvalue weighted by atomic mass is 10.1. The molecule has 1 aromatic heterocycles. The summed E-state index contributed by atoms with van der Waals surface area (Å²) >= 11 is 1.09. The number of aliphatic carboxylic acids is 1. The molecule has 7 heteroatoms. The summed E-state index contributed by atoms with van der Waals surface area (Å²) in [5, 5.41) is 15.0. The number of hydrogen-bond acceptors (Lipinski definition) is 5. The van der Waals surface area contributed by atoms with Gasteiger partial charge in [-0.15, -0.1) is 5.10 Å². The zero-order chi connectivity index (χ0) is 13.4. The van der Waals surface area contributed by atoms with Crippen LogP contribution in [-0.2, 0) is 4.79 Å². The van der Waals surface area contributed by atoms with Crippen molar-refractivity contribution in [3.05, 3.63) is 10.6 Å². The molecule has 100 valence electrons. The lowest BCUT2D eigenvalue weighted by Gasteiger charge is -2.03. The molecule has 1 amide bonds. The average Bonchev–Trinajstić information content (AvgIpc) is 2.73. The van der Waals surface area contributed by atoms with Crippen LogP contribution in [0, 0.1) is 6.92 Å². The van der Waals surface area contributed by atoms with E-state index in [0.717, 1.165) is 30.8 Å². The molecule has 0 spiro atoms. The normalized spacial score (nSPS) is 10.3. The number of amides is 1. The molecule has 0 aliphatic rings. The standard InChI is InChI=1S/C11H17N3O3S/c1-8-10(18-14-13-8)11(17)12-7-5-3-2-4-6-9(15)16/h2-7H2,1H3,(H,12,17)(H,15,16). The van der Waals surface area contributed by atoms with Gasteiger partial charge in [-0.2, -0.15) is 0 Å². The van der Waals surface area contributed by atoms with E-state index in [2.05, 4.69) is 14.9 Å². The maximum absolute atomic E-state index is 11.6. The molecule has 1 aromatic rings. The Labute approximate surface area is 110 Å². The van der Waals surface area contributed by atoms with E-state index in [9.17, 15) is 9.59 Å². The van der Waals surface area contributed by atoms with Crippen LogP contribution in [0.3, 0.4) is 0 Å². The van der Waals surface area contributed by atoms with Gasteiger partial charge in [0.1, 0.15) is 4.88 Å². The van der Waals surface area contributed by atoms with Crippen molar-refractivity contribution in [3.63, 3.8) is 0 Å². The third kappa shape index (κ3) is 5.22. The molecule has 0 saturated heterocycles. The van der Waals surface area contributed by atoms with Crippen molar-refractivity contribution < 1.29 is 14.7 Å². The van der Waals surface area contributed by atoms with Crippen molar-refractivity contribution in [1.82, 2.24) is 14.9 Å². The fourth-order valence-corrected chi connectivity index (χ4v) is 2.05. The second kappa shape index (κ2) is 7.75. The summed E-state index contributed by atoms with van der Waals surface area (Å²) in [6.45, 7) is 2.35. The summed E-state index contributed by atoms with van der Waals surface area (Å²) in [4.78, 5) is 22.5. The van der Waals surface area contributed by atoms with Crippen molar-refractivity contribution in [3.8, 4) is 0 Å². The van der Waals surface area contributed by atoms with Crippen LogP contribution in [0.1, 0.15) is 47.5 Å². The predicted octanol–water partition coefficient (Wildman–Crippen LogP) is 1.61. The van der Waals surface area contributed by atoms with E-state index in [0.29, 0.717) is 23.5 Å². The molecule has 0 aliphatic carbocycles. The highest BCUT2D eigenvalue weighted by molar-refractivity contribution is 7.07. The molecule has 6 nitrogen and oxygen atoms in total. The number of hydrogen-bond donors (Lipinski definition) is 2. The number of carboxylic acid groups (broad SMARTS) is 1. The SMILES string of the molecule is Cc1nnsc1C(=O)NCCCCCCC(=O)O. The molecular formula is C11H17N3O3S. The Hall–Kier alpha value is -1.50. The molecule has 0 bridgehead atoms. The third-order valence-corrected chi connectivity index (χ3v) is 3.29. The molecule has 0 fully saturated rings. The van der Waals surface area contributed by atoms with Crippen LogP contribution in [0.25, 0.3) is 0 Å². The van der Waals surface area contributed by atoms with Crippen LogP contribution in [0.4, 0.5) is 0 Å². The van der Waals surface area contributed by atoms with Gasteiger partial charge in [0.15, 0.2) is 0 Å². The van der Waals surface area contributed by atoms with Gasteiger partial charge < -0.3 is 10.4 Å². The summed E-state index contributed by atoms with van der Waals surface area (Å²) in [5.74, 6) is -0.885. The minimum Gasteiger partial charge on any atom is -0.481 e. The molecule has 0 radical (unpaired) electrons. The fourth-order valence-electron chi connectivity index (χ4n) is 1.48. The van der Waals surface area contributed by atoms with Crippen LogP contribution in [0.5, 0.6) is 0 Å². The third-order valence-electron chi connectivity index (χ3n) is 2.46. The van der Waals surface area contributed by atoms with Crippen LogP contribution < -0.4 is 5.32 Å². The first-order valence-corrected chi connectivity index (χ1v) is 6.67. The Morgan fingerprint density at radius 3 is 2.61 bits per heavy atom. The summed E-state index contributed by atoms with van der Waals surface area (Å²) in [6, 6.07) is 0. The Kier molecular flexibility index (Phi) is 6.27. The molecule has 18 heavy (non-hydrogen) atoms. The lowest BCUT2D eigenvalue weighted by molar-refractivity contribution is -0.137. The number of nitrogens with zero attached hydrogens (tertiary/aromatic N) is 2. The number of nitrogens with one attached hydrogen (secondary N) is 1. The molecule has 1 rings (SSSR count). The number of rotatable bonds is 8. The zero-order valence-corrected chi connectivity index (χ0v) is 11.1. The number of unbranched alkanes of at least 4 members (excludes halogenated alkanes) is 3. The van der Waals surface area contributed by atoms with Crippen LogP contribution >= 0.6 is 11.5 Å². The molecule has 0 atom stereocenters. The van der Waals surface area contributed by atoms with Gasteiger partial charge in [0.2, 0.25) is 0 Å². The Balaban J connectivity index is 2.06. The van der Waals surface area contributed by atoms with E-state index in [1.807, 2.05) is 0 Å². The first kappa shape index (κ1) is 14.6. The zero-order valence-electron chi connectivity index (χ0n) is 10.3. The van der Waals surface area contributed by atoms with E-state index in [4.69, 9.17) is 5.11 Å². The maximum Gasteiger partial charge on any atom is 0.303 e. The Morgan fingerprint density at radius 1 is 1.28 bits per heavy atom. The summed E-state index contributed by atoms with van der Waals surface area (Å²) in [7, 11) is 0. The molecular weight excluding hydrogens is 254 g/mol. The summed E-state index contributed by atoms with van der Waals surface area (Å²) in [6.07, 6.45) is 3.58. The monoisotopic (exact) mass is 271 g/mol.